The molecule has 1 fully saturated rings. The number of rotatable bonds is 3. The lowest BCUT2D eigenvalue weighted by Gasteiger charge is -2.35. The van der Waals surface area contributed by atoms with E-state index in [-0.39, 0.29) is 23.0 Å². The zero-order chi connectivity index (χ0) is 15.6. The Morgan fingerprint density at radius 2 is 2.05 bits per heavy atom. The van der Waals surface area contributed by atoms with Gasteiger partial charge < -0.3 is 14.9 Å². The first-order chi connectivity index (χ1) is 9.90. The summed E-state index contributed by atoms with van der Waals surface area (Å²) in [5.74, 6) is -0.576. The first-order valence-electron chi connectivity index (χ1n) is 6.83. The SMILES string of the molecule is CN1CCC(N(C)C(=O)c2cc(O)ccc2[N+](=O)[O-])CC1. The molecule has 0 atom stereocenters. The molecule has 1 heterocycles. The Balaban J connectivity index is 2.23. The minimum atomic E-state index is -0.602. The monoisotopic (exact) mass is 293 g/mol. The second-order valence-corrected chi connectivity index (χ2v) is 5.41. The maximum Gasteiger partial charge on any atom is 0.282 e. The van der Waals surface area contributed by atoms with Gasteiger partial charge in [-0.15, -0.1) is 0 Å². The van der Waals surface area contributed by atoms with E-state index < -0.39 is 10.8 Å². The van der Waals surface area contributed by atoms with E-state index in [1.165, 1.54) is 6.07 Å². The van der Waals surface area contributed by atoms with E-state index in [0.717, 1.165) is 38.1 Å². The molecule has 2 rings (SSSR count). The Labute approximate surface area is 122 Å². The highest BCUT2D eigenvalue weighted by Crippen LogP contribution is 2.26. The molecule has 7 nitrogen and oxygen atoms in total. The van der Waals surface area contributed by atoms with Gasteiger partial charge in [0.15, 0.2) is 0 Å². The van der Waals surface area contributed by atoms with Crippen LogP contribution in [0.1, 0.15) is 23.2 Å². The normalized spacial score (nSPS) is 16.7. The molecule has 1 saturated heterocycles. The van der Waals surface area contributed by atoms with Crippen LogP contribution in [0.25, 0.3) is 0 Å². The Kier molecular flexibility index (Phi) is 4.42. The van der Waals surface area contributed by atoms with Crippen molar-refractivity contribution in [1.82, 2.24) is 9.80 Å². The summed E-state index contributed by atoms with van der Waals surface area (Å²) in [6, 6.07) is 3.59. The zero-order valence-corrected chi connectivity index (χ0v) is 12.2. The van der Waals surface area contributed by atoms with Crippen LogP contribution < -0.4 is 0 Å². The van der Waals surface area contributed by atoms with Crippen molar-refractivity contribution in [1.29, 1.82) is 0 Å². The molecule has 0 spiro atoms. The van der Waals surface area contributed by atoms with Crippen LogP contribution in [0.3, 0.4) is 0 Å². The third kappa shape index (κ3) is 3.30. The highest BCUT2D eigenvalue weighted by molar-refractivity contribution is 5.98. The van der Waals surface area contributed by atoms with Crippen LogP contribution in [0.5, 0.6) is 5.75 Å². The van der Waals surface area contributed by atoms with E-state index in [2.05, 4.69) is 4.90 Å². The number of piperidine rings is 1. The highest BCUT2D eigenvalue weighted by Gasteiger charge is 2.29. The Morgan fingerprint density at radius 3 is 2.62 bits per heavy atom. The Bertz CT molecular complexity index is 553. The third-order valence-electron chi connectivity index (χ3n) is 3.96. The summed E-state index contributed by atoms with van der Waals surface area (Å²) in [4.78, 5) is 26.7. The van der Waals surface area contributed by atoms with Gasteiger partial charge >= 0.3 is 0 Å². The number of benzene rings is 1. The zero-order valence-electron chi connectivity index (χ0n) is 12.2. The highest BCUT2D eigenvalue weighted by atomic mass is 16.6. The van der Waals surface area contributed by atoms with Crippen LogP contribution in [0.4, 0.5) is 5.69 Å². The van der Waals surface area contributed by atoms with Gasteiger partial charge in [0.2, 0.25) is 0 Å². The average molecular weight is 293 g/mol. The van der Waals surface area contributed by atoms with Crippen LogP contribution in [-0.4, -0.2) is 59.0 Å². The number of hydrogen-bond donors (Lipinski definition) is 1. The van der Waals surface area contributed by atoms with Gasteiger partial charge in [-0.25, -0.2) is 0 Å². The quantitative estimate of drug-likeness (QED) is 0.673. The number of likely N-dealkylation sites (tertiary alicyclic amines) is 1. The van der Waals surface area contributed by atoms with Crippen molar-refractivity contribution in [3.05, 3.63) is 33.9 Å². The summed E-state index contributed by atoms with van der Waals surface area (Å²) in [6.45, 7) is 1.79. The number of aromatic hydroxyl groups is 1. The largest absolute Gasteiger partial charge is 0.508 e. The number of amides is 1. The molecule has 0 saturated carbocycles. The predicted molar refractivity (Wildman–Crippen MR) is 77.4 cm³/mol. The molecule has 1 aliphatic heterocycles. The van der Waals surface area contributed by atoms with Gasteiger partial charge in [0, 0.05) is 19.2 Å². The molecule has 0 unspecified atom stereocenters. The van der Waals surface area contributed by atoms with Crippen molar-refractivity contribution < 1.29 is 14.8 Å². The number of carbonyl (C=O) groups is 1. The minimum Gasteiger partial charge on any atom is -0.508 e. The minimum absolute atomic E-state index is 0.0654. The number of phenols is 1. The lowest BCUT2D eigenvalue weighted by Crippen LogP contribution is -2.44. The van der Waals surface area contributed by atoms with Crippen LogP contribution in [-0.2, 0) is 0 Å². The Hall–Kier alpha value is -2.15. The van der Waals surface area contributed by atoms with Gasteiger partial charge in [-0.05, 0) is 45.1 Å². The van der Waals surface area contributed by atoms with Crippen molar-refractivity contribution in [2.75, 3.05) is 27.2 Å². The van der Waals surface area contributed by atoms with Crippen molar-refractivity contribution in [2.45, 2.75) is 18.9 Å². The van der Waals surface area contributed by atoms with Crippen molar-refractivity contribution >= 4 is 11.6 Å². The molecule has 0 bridgehead atoms. The molecule has 0 aliphatic carbocycles. The van der Waals surface area contributed by atoms with Crippen LogP contribution >= 0.6 is 0 Å². The molecule has 21 heavy (non-hydrogen) atoms. The second-order valence-electron chi connectivity index (χ2n) is 5.41. The van der Waals surface area contributed by atoms with Crippen LogP contribution in [0.15, 0.2) is 18.2 Å². The number of nitro benzene ring substituents is 1. The van der Waals surface area contributed by atoms with Crippen molar-refractivity contribution in [3.63, 3.8) is 0 Å². The number of nitro groups is 1. The van der Waals surface area contributed by atoms with E-state index in [4.69, 9.17) is 0 Å². The maximum atomic E-state index is 12.5. The fourth-order valence-electron chi connectivity index (χ4n) is 2.59. The third-order valence-corrected chi connectivity index (χ3v) is 3.96. The van der Waals surface area contributed by atoms with Gasteiger partial charge in [0.25, 0.3) is 11.6 Å². The summed E-state index contributed by atoms with van der Waals surface area (Å²) in [5, 5.41) is 20.5. The molecule has 114 valence electrons. The van der Waals surface area contributed by atoms with Gasteiger partial charge in [-0.2, -0.15) is 0 Å². The average Bonchev–Trinajstić information content (AvgIpc) is 2.46. The number of nitrogens with zero attached hydrogens (tertiary/aromatic N) is 3. The molecule has 7 heteroatoms. The van der Waals surface area contributed by atoms with Crippen LogP contribution in [0.2, 0.25) is 0 Å². The lowest BCUT2D eigenvalue weighted by atomic mass is 10.0. The van der Waals surface area contributed by atoms with Gasteiger partial charge in [-0.1, -0.05) is 0 Å². The topological polar surface area (TPSA) is 86.9 Å². The molecule has 1 N–H and O–H groups in total. The smallest absolute Gasteiger partial charge is 0.282 e. The molecule has 0 radical (unpaired) electrons. The number of hydrogen-bond acceptors (Lipinski definition) is 5. The molecular weight excluding hydrogens is 274 g/mol. The van der Waals surface area contributed by atoms with Gasteiger partial charge in [0.1, 0.15) is 11.3 Å². The van der Waals surface area contributed by atoms with Gasteiger partial charge in [0.05, 0.1) is 4.92 Å². The molecule has 0 aromatic heterocycles. The molecule has 1 aromatic carbocycles. The first kappa shape index (κ1) is 15.2. The van der Waals surface area contributed by atoms with E-state index >= 15 is 0 Å². The standard InChI is InChI=1S/C14H19N3O4/c1-15-7-5-10(6-8-15)16(2)14(19)12-9-11(18)3-4-13(12)17(20)21/h3-4,9-10,18H,5-8H2,1-2H3. The summed E-state index contributed by atoms with van der Waals surface area (Å²) in [6.07, 6.45) is 1.68. The van der Waals surface area contributed by atoms with E-state index in [9.17, 15) is 20.0 Å². The molecule has 1 amide bonds. The fraction of sp³-hybridized carbons (Fsp3) is 0.500. The Morgan fingerprint density at radius 1 is 1.43 bits per heavy atom. The molecule has 1 aliphatic rings. The van der Waals surface area contributed by atoms with E-state index in [1.807, 2.05) is 7.05 Å². The number of phenolic OH excluding ortho intramolecular Hbond substituents is 1. The van der Waals surface area contributed by atoms with Crippen LogP contribution in [0, 0.1) is 10.1 Å². The van der Waals surface area contributed by atoms with Crippen molar-refractivity contribution in [3.8, 4) is 5.75 Å². The van der Waals surface area contributed by atoms with E-state index in [1.54, 1.807) is 11.9 Å². The first-order valence-corrected chi connectivity index (χ1v) is 6.83. The van der Waals surface area contributed by atoms with Crippen molar-refractivity contribution in [2.24, 2.45) is 0 Å². The number of carbonyl (C=O) groups excluding carboxylic acids is 1. The van der Waals surface area contributed by atoms with E-state index in [0.29, 0.717) is 0 Å². The predicted octanol–water partition coefficient (Wildman–Crippen LogP) is 1.47. The summed E-state index contributed by atoms with van der Waals surface area (Å²) >= 11 is 0. The second kappa shape index (κ2) is 6.09. The summed E-state index contributed by atoms with van der Waals surface area (Å²) in [5.41, 5.74) is -0.348. The fourth-order valence-corrected chi connectivity index (χ4v) is 2.59. The summed E-state index contributed by atoms with van der Waals surface area (Å²) < 4.78 is 0. The summed E-state index contributed by atoms with van der Waals surface area (Å²) in [7, 11) is 3.68. The lowest BCUT2D eigenvalue weighted by molar-refractivity contribution is -0.385. The molecular formula is C14H19N3O4. The molecule has 1 aromatic rings. The van der Waals surface area contributed by atoms with Gasteiger partial charge in [-0.3, -0.25) is 14.9 Å². The maximum absolute atomic E-state index is 12.5.